The van der Waals surface area contributed by atoms with E-state index in [-0.39, 0.29) is 0 Å². The van der Waals surface area contributed by atoms with Gasteiger partial charge >= 0.3 is 0 Å². The molecule has 0 amide bonds. The number of nitrogens with one attached hydrogen (secondary N) is 1. The van der Waals surface area contributed by atoms with Crippen molar-refractivity contribution in [2.24, 2.45) is 16.7 Å². The molecule has 1 heterocycles. The molecule has 1 aromatic heterocycles. The second-order valence-electron chi connectivity index (χ2n) is 7.87. The van der Waals surface area contributed by atoms with Crippen LogP contribution < -0.4 is 5.32 Å². The summed E-state index contributed by atoms with van der Waals surface area (Å²) >= 11 is 0. The van der Waals surface area contributed by atoms with E-state index in [0.29, 0.717) is 16.9 Å². The molecular weight excluding hydrogens is 256 g/mol. The number of fused-ring (bicyclic) bond motifs is 3. The van der Waals surface area contributed by atoms with E-state index in [4.69, 9.17) is 0 Å². The zero-order chi connectivity index (χ0) is 14.7. The van der Waals surface area contributed by atoms with Crippen LogP contribution in [0.5, 0.6) is 0 Å². The Labute approximate surface area is 127 Å². The number of hydrogen-bond donors (Lipinski definition) is 1. The molecule has 0 saturated heterocycles. The Balaban J connectivity index is 1.75. The highest BCUT2D eigenvalue weighted by Gasteiger charge is 2.59. The first-order valence-corrected chi connectivity index (χ1v) is 8.11. The lowest BCUT2D eigenvalue weighted by Crippen LogP contribution is -2.45. The molecule has 2 aliphatic rings. The minimum Gasteiger partial charge on any atom is -0.381 e. The molecular formula is C19H24N2. The number of hydrogen-bond acceptors (Lipinski definition) is 2. The molecule has 2 nitrogen and oxygen atoms in total. The van der Waals surface area contributed by atoms with Gasteiger partial charge in [-0.05, 0) is 60.3 Å². The van der Waals surface area contributed by atoms with Crippen molar-refractivity contribution >= 4 is 16.6 Å². The number of nitrogens with zero attached hydrogens (tertiary/aromatic N) is 1. The van der Waals surface area contributed by atoms with Gasteiger partial charge in [0.2, 0.25) is 0 Å². The van der Waals surface area contributed by atoms with Gasteiger partial charge < -0.3 is 5.32 Å². The van der Waals surface area contributed by atoms with E-state index in [1.807, 2.05) is 12.3 Å². The topological polar surface area (TPSA) is 24.9 Å². The Morgan fingerprint density at radius 1 is 1.14 bits per heavy atom. The van der Waals surface area contributed by atoms with Gasteiger partial charge in [0, 0.05) is 23.3 Å². The fourth-order valence-electron chi connectivity index (χ4n) is 5.05. The highest BCUT2D eigenvalue weighted by molar-refractivity contribution is 5.91. The summed E-state index contributed by atoms with van der Waals surface area (Å²) in [6.45, 7) is 7.37. The number of anilines is 1. The van der Waals surface area contributed by atoms with Gasteiger partial charge in [-0.15, -0.1) is 0 Å². The molecule has 1 unspecified atom stereocenters. The fraction of sp³-hybridized carbons (Fsp3) is 0.526. The third kappa shape index (κ3) is 1.81. The average Bonchev–Trinajstić information content (AvgIpc) is 2.95. The van der Waals surface area contributed by atoms with Crippen molar-refractivity contribution in [1.29, 1.82) is 0 Å². The first-order chi connectivity index (χ1) is 10.0. The second-order valence-corrected chi connectivity index (χ2v) is 7.87. The van der Waals surface area contributed by atoms with Crippen LogP contribution in [0.1, 0.15) is 40.0 Å². The first kappa shape index (κ1) is 13.1. The molecule has 2 fully saturated rings. The molecule has 21 heavy (non-hydrogen) atoms. The molecule has 0 aliphatic heterocycles. The molecule has 2 heteroatoms. The summed E-state index contributed by atoms with van der Waals surface area (Å²) in [4.78, 5) is 4.48. The van der Waals surface area contributed by atoms with E-state index in [0.717, 1.165) is 11.4 Å². The summed E-state index contributed by atoms with van der Waals surface area (Å²) in [5.41, 5.74) is 3.14. The Kier molecular flexibility index (Phi) is 2.64. The highest BCUT2D eigenvalue weighted by Crippen LogP contribution is 2.63. The summed E-state index contributed by atoms with van der Waals surface area (Å²) in [5, 5.41) is 5.14. The molecule has 4 rings (SSSR count). The van der Waals surface area contributed by atoms with Crippen molar-refractivity contribution in [1.82, 2.24) is 4.98 Å². The number of pyridine rings is 1. The van der Waals surface area contributed by atoms with Gasteiger partial charge in [-0.3, -0.25) is 4.98 Å². The number of aromatic nitrogens is 1. The molecule has 3 atom stereocenters. The lowest BCUT2D eigenvalue weighted by Gasteiger charge is -2.43. The molecule has 1 aromatic carbocycles. The molecule has 0 spiro atoms. The van der Waals surface area contributed by atoms with Gasteiger partial charge in [-0.1, -0.05) is 26.8 Å². The summed E-state index contributed by atoms with van der Waals surface area (Å²) < 4.78 is 0. The molecule has 1 N–H and O–H groups in total. The highest BCUT2D eigenvalue weighted by atomic mass is 15.0. The van der Waals surface area contributed by atoms with Gasteiger partial charge in [0.1, 0.15) is 0 Å². The monoisotopic (exact) mass is 280 g/mol. The quantitative estimate of drug-likeness (QED) is 0.849. The van der Waals surface area contributed by atoms with Crippen molar-refractivity contribution in [3.63, 3.8) is 0 Å². The van der Waals surface area contributed by atoms with Crippen LogP contribution in [0.2, 0.25) is 0 Å². The lowest BCUT2D eigenvalue weighted by molar-refractivity contribution is 0.155. The smallest absolute Gasteiger partial charge is 0.0722 e. The summed E-state index contributed by atoms with van der Waals surface area (Å²) in [7, 11) is 0. The molecule has 2 saturated carbocycles. The van der Waals surface area contributed by atoms with Crippen LogP contribution in [-0.2, 0) is 0 Å². The van der Waals surface area contributed by atoms with Crippen LogP contribution in [0.25, 0.3) is 10.9 Å². The summed E-state index contributed by atoms with van der Waals surface area (Å²) in [6.07, 6.45) is 6.01. The minimum atomic E-state index is 0.372. The van der Waals surface area contributed by atoms with Gasteiger partial charge in [-0.25, -0.2) is 0 Å². The van der Waals surface area contributed by atoms with E-state index in [9.17, 15) is 0 Å². The van der Waals surface area contributed by atoms with Gasteiger partial charge in [0.25, 0.3) is 0 Å². The van der Waals surface area contributed by atoms with E-state index in [1.165, 1.54) is 30.3 Å². The van der Waals surface area contributed by atoms with Gasteiger partial charge in [0.05, 0.1) is 5.52 Å². The Morgan fingerprint density at radius 2 is 2.00 bits per heavy atom. The predicted molar refractivity (Wildman–Crippen MR) is 88.4 cm³/mol. The van der Waals surface area contributed by atoms with Gasteiger partial charge in [-0.2, -0.15) is 0 Å². The van der Waals surface area contributed by atoms with Gasteiger partial charge in [0.15, 0.2) is 0 Å². The third-order valence-corrected chi connectivity index (χ3v) is 6.22. The average molecular weight is 280 g/mol. The first-order valence-electron chi connectivity index (χ1n) is 8.11. The Hall–Kier alpha value is -1.57. The van der Waals surface area contributed by atoms with Crippen molar-refractivity contribution in [3.8, 4) is 0 Å². The van der Waals surface area contributed by atoms with E-state index >= 15 is 0 Å². The van der Waals surface area contributed by atoms with Crippen LogP contribution in [0.3, 0.4) is 0 Å². The maximum Gasteiger partial charge on any atom is 0.0722 e. The van der Waals surface area contributed by atoms with Crippen LogP contribution in [0.15, 0.2) is 36.5 Å². The molecule has 2 aliphatic carbocycles. The summed E-state index contributed by atoms with van der Waals surface area (Å²) in [6, 6.07) is 11.2. The normalized spacial score (nSPS) is 33.5. The second kappa shape index (κ2) is 4.22. The summed E-state index contributed by atoms with van der Waals surface area (Å²) in [5.74, 6) is 0.869. The zero-order valence-electron chi connectivity index (χ0n) is 13.2. The van der Waals surface area contributed by atoms with Crippen LogP contribution in [0, 0.1) is 16.7 Å². The largest absolute Gasteiger partial charge is 0.381 e. The predicted octanol–water partition coefficient (Wildman–Crippen LogP) is 4.86. The third-order valence-electron chi connectivity index (χ3n) is 6.22. The van der Waals surface area contributed by atoms with E-state index in [1.54, 1.807) is 0 Å². The minimum absolute atomic E-state index is 0.372. The fourth-order valence-corrected chi connectivity index (χ4v) is 5.05. The number of benzene rings is 1. The van der Waals surface area contributed by atoms with Crippen LogP contribution in [0.4, 0.5) is 5.69 Å². The van der Waals surface area contributed by atoms with Crippen LogP contribution >= 0.6 is 0 Å². The maximum atomic E-state index is 4.48. The lowest BCUT2D eigenvalue weighted by atomic mass is 9.68. The standard InChI is InChI=1S/C19H24N2/c1-18(2)13-9-10-19(3,12-13)17(18)21-16-8-4-7-15-14(16)6-5-11-20-15/h4-8,11,13,17,21H,9-10,12H2,1-3H3/t13-,17?,19+/m0/s1. The molecule has 110 valence electrons. The van der Waals surface area contributed by atoms with Crippen molar-refractivity contribution in [2.75, 3.05) is 5.32 Å². The Morgan fingerprint density at radius 3 is 2.76 bits per heavy atom. The SMILES string of the molecule is CC1(C)C(Nc2cccc3ncccc23)[C@]2(C)CC[C@H]1C2. The molecule has 2 aromatic rings. The molecule has 2 bridgehead atoms. The Bertz CT molecular complexity index is 681. The van der Waals surface area contributed by atoms with Crippen molar-refractivity contribution < 1.29 is 0 Å². The zero-order valence-corrected chi connectivity index (χ0v) is 13.2. The van der Waals surface area contributed by atoms with Crippen molar-refractivity contribution in [2.45, 2.75) is 46.1 Å². The number of rotatable bonds is 2. The van der Waals surface area contributed by atoms with Crippen molar-refractivity contribution in [3.05, 3.63) is 36.5 Å². The van der Waals surface area contributed by atoms with E-state index < -0.39 is 0 Å². The van der Waals surface area contributed by atoms with Crippen LogP contribution in [-0.4, -0.2) is 11.0 Å². The molecule has 0 radical (unpaired) electrons. The van der Waals surface area contributed by atoms with E-state index in [2.05, 4.69) is 55.3 Å². The maximum absolute atomic E-state index is 4.48.